The summed E-state index contributed by atoms with van der Waals surface area (Å²) in [7, 11) is 3.11. The number of carbonyl (C=O) groups excluding carboxylic acids is 1. The fraction of sp³-hybridized carbons (Fsp3) is 0.348. The maximum Gasteiger partial charge on any atom is 0.435 e. The van der Waals surface area contributed by atoms with Crippen LogP contribution in [0.25, 0.3) is 5.69 Å². The Bertz CT molecular complexity index is 1160. The predicted octanol–water partition coefficient (Wildman–Crippen LogP) is 5.01. The number of alkyl halides is 3. The van der Waals surface area contributed by atoms with Crippen molar-refractivity contribution in [2.75, 3.05) is 19.1 Å². The zero-order valence-electron chi connectivity index (χ0n) is 18.0. The number of amides is 1. The number of hydrogen-bond donors (Lipinski definition) is 0. The maximum atomic E-state index is 13.6. The van der Waals surface area contributed by atoms with Crippen LogP contribution in [0, 0.1) is 0 Å². The number of aromatic nitrogens is 3. The number of halogens is 3. The van der Waals surface area contributed by atoms with Crippen LogP contribution in [0.5, 0.6) is 5.75 Å². The summed E-state index contributed by atoms with van der Waals surface area (Å²) in [5.74, 6) is 0.118. The van der Waals surface area contributed by atoms with Crippen LogP contribution >= 0.6 is 0 Å². The summed E-state index contributed by atoms with van der Waals surface area (Å²) in [6, 6.07) is 8.19. The Morgan fingerprint density at radius 3 is 2.75 bits per heavy atom. The van der Waals surface area contributed by atoms with Gasteiger partial charge in [0, 0.05) is 24.2 Å². The summed E-state index contributed by atoms with van der Waals surface area (Å²) >= 11 is 0. The number of methoxy groups -OCH3 is 1. The molecule has 1 aliphatic rings. The molecule has 0 saturated heterocycles. The van der Waals surface area contributed by atoms with Crippen molar-refractivity contribution in [2.24, 2.45) is 0 Å². The van der Waals surface area contributed by atoms with E-state index in [2.05, 4.69) is 10.1 Å². The molecule has 0 N–H and O–H groups in total. The molecule has 1 atom stereocenters. The zero-order valence-corrected chi connectivity index (χ0v) is 18.0. The first kappa shape index (κ1) is 21.9. The number of anilines is 1. The van der Waals surface area contributed by atoms with Gasteiger partial charge < -0.3 is 9.64 Å². The molecule has 6 nitrogen and oxygen atoms in total. The highest BCUT2D eigenvalue weighted by Crippen LogP contribution is 2.40. The molecule has 1 amide bonds. The Balaban J connectivity index is 1.74. The van der Waals surface area contributed by atoms with E-state index in [1.165, 1.54) is 29.1 Å². The molecule has 168 valence electrons. The van der Waals surface area contributed by atoms with Crippen molar-refractivity contribution < 1.29 is 22.7 Å². The average molecular weight is 444 g/mol. The lowest BCUT2D eigenvalue weighted by atomic mass is 9.87. The number of nitrogens with zero attached hydrogens (tertiary/aromatic N) is 4. The molecule has 0 fully saturated rings. The van der Waals surface area contributed by atoms with Crippen LogP contribution in [0.3, 0.4) is 0 Å². The third-order valence-corrected chi connectivity index (χ3v) is 5.79. The summed E-state index contributed by atoms with van der Waals surface area (Å²) in [5, 5.41) is 3.95. The molecular weight excluding hydrogens is 421 g/mol. The van der Waals surface area contributed by atoms with Gasteiger partial charge in [-0.15, -0.1) is 0 Å². The highest BCUT2D eigenvalue weighted by Gasteiger charge is 2.41. The summed E-state index contributed by atoms with van der Waals surface area (Å²) in [6.45, 7) is 1.91. The largest absolute Gasteiger partial charge is 0.495 e. The third kappa shape index (κ3) is 3.94. The predicted molar refractivity (Wildman–Crippen MR) is 113 cm³/mol. The van der Waals surface area contributed by atoms with Gasteiger partial charge in [0.1, 0.15) is 5.75 Å². The normalized spacial score (nSPS) is 15.9. The second-order valence-corrected chi connectivity index (χ2v) is 7.91. The smallest absolute Gasteiger partial charge is 0.435 e. The molecule has 1 aromatic carbocycles. The van der Waals surface area contributed by atoms with Gasteiger partial charge >= 0.3 is 6.18 Å². The van der Waals surface area contributed by atoms with E-state index in [0.29, 0.717) is 41.2 Å². The monoisotopic (exact) mass is 444 g/mol. The van der Waals surface area contributed by atoms with Gasteiger partial charge in [-0.05, 0) is 43.4 Å². The summed E-state index contributed by atoms with van der Waals surface area (Å²) in [6.07, 6.45) is 0.368. The number of pyridine rings is 1. The van der Waals surface area contributed by atoms with Crippen molar-refractivity contribution in [3.05, 3.63) is 65.2 Å². The Morgan fingerprint density at radius 1 is 1.25 bits per heavy atom. The van der Waals surface area contributed by atoms with Gasteiger partial charge in [0.05, 0.1) is 36.6 Å². The van der Waals surface area contributed by atoms with Crippen LogP contribution in [-0.2, 0) is 12.6 Å². The number of ether oxygens (including phenoxy) is 1. The third-order valence-electron chi connectivity index (χ3n) is 5.79. The molecule has 9 heteroatoms. The van der Waals surface area contributed by atoms with E-state index in [1.54, 1.807) is 37.4 Å². The molecule has 0 aliphatic heterocycles. The first-order chi connectivity index (χ1) is 15.2. The number of rotatable bonds is 4. The standard InChI is InChI=1S/C23H23F3N4O2/c1-14-6-4-9-19-20(14)30(28-21(19)23(24,25)26)16-8-5-7-15(10-16)22(31)29(2)17-11-18(32-3)13-27-12-17/h5,7-8,10-14H,4,6,9H2,1-3H3. The first-order valence-electron chi connectivity index (χ1n) is 10.3. The van der Waals surface area contributed by atoms with E-state index in [4.69, 9.17) is 4.74 Å². The van der Waals surface area contributed by atoms with Crippen molar-refractivity contribution >= 4 is 11.6 Å². The van der Waals surface area contributed by atoms with Crippen molar-refractivity contribution in [3.8, 4) is 11.4 Å². The quantitative estimate of drug-likeness (QED) is 0.568. The number of fused-ring (bicyclic) bond motifs is 1. The van der Waals surface area contributed by atoms with Crippen LogP contribution in [-0.4, -0.2) is 34.8 Å². The summed E-state index contributed by atoms with van der Waals surface area (Å²) < 4.78 is 47.4. The van der Waals surface area contributed by atoms with Gasteiger partial charge in [0.25, 0.3) is 5.91 Å². The molecule has 32 heavy (non-hydrogen) atoms. The molecular formula is C23H23F3N4O2. The van der Waals surface area contributed by atoms with Crippen molar-refractivity contribution in [3.63, 3.8) is 0 Å². The molecule has 2 heterocycles. The summed E-state index contributed by atoms with van der Waals surface area (Å²) in [4.78, 5) is 18.6. The van der Waals surface area contributed by atoms with Gasteiger partial charge in [0.15, 0.2) is 5.69 Å². The first-order valence-corrected chi connectivity index (χ1v) is 10.3. The van der Waals surface area contributed by atoms with E-state index < -0.39 is 11.9 Å². The van der Waals surface area contributed by atoms with Crippen molar-refractivity contribution in [1.82, 2.24) is 14.8 Å². The maximum absolute atomic E-state index is 13.6. The molecule has 0 radical (unpaired) electrons. The number of hydrogen-bond acceptors (Lipinski definition) is 4. The van der Waals surface area contributed by atoms with E-state index in [-0.39, 0.29) is 17.4 Å². The lowest BCUT2D eigenvalue weighted by molar-refractivity contribution is -0.142. The Labute approximate surface area is 183 Å². The molecule has 3 aromatic rings. The van der Waals surface area contributed by atoms with E-state index in [1.807, 2.05) is 6.92 Å². The van der Waals surface area contributed by atoms with Crippen LogP contribution in [0.2, 0.25) is 0 Å². The molecule has 1 unspecified atom stereocenters. The van der Waals surface area contributed by atoms with Crippen LogP contribution in [0.15, 0.2) is 42.7 Å². The number of carbonyl (C=O) groups is 1. The van der Waals surface area contributed by atoms with Gasteiger partial charge in [-0.25, -0.2) is 4.68 Å². The van der Waals surface area contributed by atoms with Crippen LogP contribution in [0.1, 0.15) is 53.0 Å². The Hall–Kier alpha value is -3.36. The molecule has 0 bridgehead atoms. The SMILES string of the molecule is COc1cncc(N(C)C(=O)c2cccc(-n3nc(C(F)(F)F)c4c3C(C)CCC4)c2)c1. The van der Waals surface area contributed by atoms with E-state index >= 15 is 0 Å². The minimum Gasteiger partial charge on any atom is -0.495 e. The fourth-order valence-corrected chi connectivity index (χ4v) is 4.15. The van der Waals surface area contributed by atoms with Crippen molar-refractivity contribution in [2.45, 2.75) is 38.3 Å². The highest BCUT2D eigenvalue weighted by molar-refractivity contribution is 6.06. The number of benzene rings is 1. The van der Waals surface area contributed by atoms with Crippen LogP contribution < -0.4 is 9.64 Å². The Morgan fingerprint density at radius 2 is 2.03 bits per heavy atom. The fourth-order valence-electron chi connectivity index (χ4n) is 4.15. The highest BCUT2D eigenvalue weighted by atomic mass is 19.4. The molecule has 2 aromatic heterocycles. The average Bonchev–Trinajstić information content (AvgIpc) is 3.20. The summed E-state index contributed by atoms with van der Waals surface area (Å²) in [5.41, 5.74) is 1.27. The second kappa shape index (κ2) is 8.29. The van der Waals surface area contributed by atoms with Gasteiger partial charge in [-0.3, -0.25) is 9.78 Å². The minimum atomic E-state index is -4.53. The van der Waals surface area contributed by atoms with Crippen molar-refractivity contribution in [1.29, 1.82) is 0 Å². The van der Waals surface area contributed by atoms with E-state index in [9.17, 15) is 18.0 Å². The lowest BCUT2D eigenvalue weighted by Gasteiger charge is -2.22. The molecule has 0 spiro atoms. The van der Waals surface area contributed by atoms with Gasteiger partial charge in [0.2, 0.25) is 0 Å². The minimum absolute atomic E-state index is 0.0627. The van der Waals surface area contributed by atoms with Crippen LogP contribution in [0.4, 0.5) is 18.9 Å². The Kier molecular flexibility index (Phi) is 5.66. The lowest BCUT2D eigenvalue weighted by Crippen LogP contribution is -2.26. The molecule has 4 rings (SSSR count). The molecule has 0 saturated carbocycles. The zero-order chi connectivity index (χ0) is 23.0. The molecule has 1 aliphatic carbocycles. The van der Waals surface area contributed by atoms with E-state index in [0.717, 1.165) is 6.42 Å². The topological polar surface area (TPSA) is 60.2 Å². The second-order valence-electron chi connectivity index (χ2n) is 7.91. The van der Waals surface area contributed by atoms with Gasteiger partial charge in [-0.1, -0.05) is 13.0 Å². The van der Waals surface area contributed by atoms with Gasteiger partial charge in [-0.2, -0.15) is 18.3 Å².